The molecule has 1 aliphatic heterocycles. The van der Waals surface area contributed by atoms with Crippen LogP contribution < -0.4 is 10.6 Å². The highest BCUT2D eigenvalue weighted by Gasteiger charge is 2.40. The Labute approximate surface area is 130 Å². The monoisotopic (exact) mass is 292 g/mol. The first-order valence-corrected chi connectivity index (χ1v) is 8.00. The molecule has 0 atom stereocenters. The van der Waals surface area contributed by atoms with Crippen molar-refractivity contribution in [1.29, 1.82) is 0 Å². The molecule has 2 aliphatic rings. The normalized spacial score (nSPS) is 26.9. The lowest BCUT2D eigenvalue weighted by atomic mass is 9.77. The highest BCUT2D eigenvalue weighted by atomic mass is 16.2. The lowest BCUT2D eigenvalue weighted by molar-refractivity contribution is 0.0871. The first-order chi connectivity index (χ1) is 10.8. The van der Waals surface area contributed by atoms with Gasteiger partial charge < -0.3 is 10.6 Å². The molecule has 2 aromatic carbocycles. The average molecular weight is 292 g/mol. The van der Waals surface area contributed by atoms with Gasteiger partial charge in [-0.2, -0.15) is 0 Å². The fourth-order valence-corrected chi connectivity index (χ4v) is 3.78. The van der Waals surface area contributed by atoms with Crippen LogP contribution in [0.15, 0.2) is 54.6 Å². The van der Waals surface area contributed by atoms with Crippen molar-refractivity contribution in [3.8, 4) is 0 Å². The number of nitrogens with one attached hydrogen (secondary N) is 2. The number of para-hydroxylation sites is 1. The van der Waals surface area contributed by atoms with Crippen LogP contribution in [0.5, 0.6) is 0 Å². The second kappa shape index (κ2) is 5.16. The van der Waals surface area contributed by atoms with Crippen LogP contribution in [0.2, 0.25) is 0 Å². The van der Waals surface area contributed by atoms with Gasteiger partial charge in [0.25, 0.3) is 5.91 Å². The molecule has 3 nitrogen and oxygen atoms in total. The summed E-state index contributed by atoms with van der Waals surface area (Å²) in [4.78, 5) is 12.4. The first kappa shape index (κ1) is 13.4. The van der Waals surface area contributed by atoms with Gasteiger partial charge in [-0.25, -0.2) is 0 Å². The van der Waals surface area contributed by atoms with Crippen LogP contribution in [0.3, 0.4) is 0 Å². The molecule has 1 saturated carbocycles. The number of benzene rings is 2. The first-order valence-electron chi connectivity index (χ1n) is 8.00. The molecule has 112 valence electrons. The third kappa shape index (κ3) is 2.27. The van der Waals surface area contributed by atoms with Crippen molar-refractivity contribution in [1.82, 2.24) is 5.32 Å². The number of hydrogen-bond donors (Lipinski definition) is 2. The zero-order valence-electron chi connectivity index (χ0n) is 12.5. The molecule has 1 heterocycles. The van der Waals surface area contributed by atoms with Crippen molar-refractivity contribution in [2.45, 2.75) is 37.3 Å². The van der Waals surface area contributed by atoms with E-state index < -0.39 is 0 Å². The van der Waals surface area contributed by atoms with Crippen LogP contribution in [-0.4, -0.2) is 11.6 Å². The van der Waals surface area contributed by atoms with Gasteiger partial charge in [-0.1, -0.05) is 42.5 Å². The minimum atomic E-state index is -0.267. The molecule has 2 N–H and O–H groups in total. The second-order valence-corrected chi connectivity index (χ2v) is 6.39. The van der Waals surface area contributed by atoms with Gasteiger partial charge >= 0.3 is 0 Å². The molecule has 0 unspecified atom stereocenters. The third-order valence-electron chi connectivity index (χ3n) is 5.01. The summed E-state index contributed by atoms with van der Waals surface area (Å²) in [6.07, 6.45) is 4.12. The van der Waals surface area contributed by atoms with Crippen molar-refractivity contribution >= 4 is 11.6 Å². The zero-order valence-corrected chi connectivity index (χ0v) is 12.5. The summed E-state index contributed by atoms with van der Waals surface area (Å²) in [7, 11) is 0. The molecular weight excluding hydrogens is 272 g/mol. The molecule has 2 aromatic rings. The van der Waals surface area contributed by atoms with E-state index in [2.05, 4.69) is 41.0 Å². The minimum absolute atomic E-state index is 0.0486. The van der Waals surface area contributed by atoms with Crippen molar-refractivity contribution < 1.29 is 4.79 Å². The van der Waals surface area contributed by atoms with E-state index >= 15 is 0 Å². The maximum atomic E-state index is 12.4. The fraction of sp³-hybridized carbons (Fsp3) is 0.316. The molecular formula is C19H20N2O. The predicted molar refractivity (Wildman–Crippen MR) is 87.9 cm³/mol. The standard InChI is InChI=1S/C19H20N2O/c22-18-16-8-4-5-9-17(16)20-19(21-18)12-10-15(11-13-19)14-6-2-1-3-7-14/h1-9,15,20H,10-13H2,(H,21,22). The summed E-state index contributed by atoms with van der Waals surface area (Å²) in [6.45, 7) is 0. The minimum Gasteiger partial charge on any atom is -0.362 e. The van der Waals surface area contributed by atoms with Crippen LogP contribution in [0.25, 0.3) is 0 Å². The molecule has 0 aromatic heterocycles. The molecule has 0 saturated heterocycles. The maximum absolute atomic E-state index is 12.4. The number of hydrogen-bond acceptors (Lipinski definition) is 2. The molecule has 1 fully saturated rings. The summed E-state index contributed by atoms with van der Waals surface area (Å²) in [6, 6.07) is 18.5. The van der Waals surface area contributed by atoms with Crippen LogP contribution in [-0.2, 0) is 0 Å². The van der Waals surface area contributed by atoms with Gasteiger partial charge in [0.15, 0.2) is 0 Å². The van der Waals surface area contributed by atoms with E-state index in [0.29, 0.717) is 5.92 Å². The van der Waals surface area contributed by atoms with Gasteiger partial charge in [-0.05, 0) is 49.3 Å². The van der Waals surface area contributed by atoms with E-state index in [9.17, 15) is 4.79 Å². The van der Waals surface area contributed by atoms with Gasteiger partial charge in [0.05, 0.1) is 5.56 Å². The van der Waals surface area contributed by atoms with E-state index in [1.165, 1.54) is 5.56 Å². The molecule has 3 heteroatoms. The van der Waals surface area contributed by atoms with E-state index in [0.717, 1.165) is 36.9 Å². The number of rotatable bonds is 1. The summed E-state index contributed by atoms with van der Waals surface area (Å²) >= 11 is 0. The average Bonchev–Trinajstić information content (AvgIpc) is 2.56. The largest absolute Gasteiger partial charge is 0.362 e. The Kier molecular flexibility index (Phi) is 3.14. The molecule has 1 amide bonds. The molecule has 0 radical (unpaired) electrons. The Morgan fingerprint density at radius 1 is 0.864 bits per heavy atom. The van der Waals surface area contributed by atoms with Crippen LogP contribution >= 0.6 is 0 Å². The Morgan fingerprint density at radius 3 is 2.32 bits per heavy atom. The van der Waals surface area contributed by atoms with Crippen molar-refractivity contribution in [3.63, 3.8) is 0 Å². The number of amides is 1. The summed E-state index contributed by atoms with van der Waals surface area (Å²) in [5.74, 6) is 0.648. The van der Waals surface area contributed by atoms with E-state index in [1.54, 1.807) is 0 Å². The molecule has 22 heavy (non-hydrogen) atoms. The highest BCUT2D eigenvalue weighted by Crippen LogP contribution is 2.40. The number of carbonyl (C=O) groups excluding carboxylic acids is 1. The Morgan fingerprint density at radius 2 is 1.55 bits per heavy atom. The Balaban J connectivity index is 1.53. The molecule has 1 aliphatic carbocycles. The second-order valence-electron chi connectivity index (χ2n) is 6.39. The fourth-order valence-electron chi connectivity index (χ4n) is 3.78. The Hall–Kier alpha value is -2.29. The van der Waals surface area contributed by atoms with Crippen molar-refractivity contribution in [3.05, 3.63) is 65.7 Å². The number of carbonyl (C=O) groups is 1. The van der Waals surface area contributed by atoms with Crippen LogP contribution in [0.4, 0.5) is 5.69 Å². The van der Waals surface area contributed by atoms with E-state index in [4.69, 9.17) is 0 Å². The van der Waals surface area contributed by atoms with Crippen molar-refractivity contribution in [2.24, 2.45) is 0 Å². The zero-order chi connectivity index (χ0) is 15.0. The van der Waals surface area contributed by atoms with Gasteiger partial charge in [0.2, 0.25) is 0 Å². The van der Waals surface area contributed by atoms with Gasteiger partial charge in [0.1, 0.15) is 5.66 Å². The molecule has 1 spiro atoms. The molecule has 4 rings (SSSR count). The topological polar surface area (TPSA) is 41.1 Å². The highest BCUT2D eigenvalue weighted by molar-refractivity contribution is 6.02. The quantitative estimate of drug-likeness (QED) is 0.837. The summed E-state index contributed by atoms with van der Waals surface area (Å²) < 4.78 is 0. The SMILES string of the molecule is O=C1NC2(CCC(c3ccccc3)CC2)Nc2ccccc21. The van der Waals surface area contributed by atoms with Crippen molar-refractivity contribution in [2.75, 3.05) is 5.32 Å². The lowest BCUT2D eigenvalue weighted by Crippen LogP contribution is -2.58. The predicted octanol–water partition coefficient (Wildman–Crippen LogP) is 3.90. The van der Waals surface area contributed by atoms with Gasteiger partial charge in [-0.15, -0.1) is 0 Å². The number of fused-ring (bicyclic) bond motifs is 1. The van der Waals surface area contributed by atoms with Gasteiger partial charge in [0, 0.05) is 5.69 Å². The third-order valence-corrected chi connectivity index (χ3v) is 5.01. The lowest BCUT2D eigenvalue weighted by Gasteiger charge is -2.45. The van der Waals surface area contributed by atoms with Crippen LogP contribution in [0, 0.1) is 0 Å². The van der Waals surface area contributed by atoms with E-state index in [-0.39, 0.29) is 11.6 Å². The molecule has 0 bridgehead atoms. The number of anilines is 1. The van der Waals surface area contributed by atoms with Crippen LogP contribution in [0.1, 0.15) is 47.5 Å². The summed E-state index contributed by atoms with van der Waals surface area (Å²) in [5.41, 5.74) is 2.86. The van der Waals surface area contributed by atoms with E-state index in [1.807, 2.05) is 24.3 Å². The van der Waals surface area contributed by atoms with Gasteiger partial charge in [-0.3, -0.25) is 4.79 Å². The maximum Gasteiger partial charge on any atom is 0.255 e. The Bertz CT molecular complexity index is 688. The smallest absolute Gasteiger partial charge is 0.255 e. The summed E-state index contributed by atoms with van der Waals surface area (Å²) in [5, 5.41) is 6.79.